The fourth-order valence-corrected chi connectivity index (χ4v) is 5.48. The molecule has 1 saturated heterocycles. The van der Waals surface area contributed by atoms with Crippen LogP contribution in [0.4, 0.5) is 0 Å². The summed E-state index contributed by atoms with van der Waals surface area (Å²) < 4.78 is 5.24. The molecule has 7 heteroatoms. The van der Waals surface area contributed by atoms with Gasteiger partial charge in [0.15, 0.2) is 5.75 Å². The second kappa shape index (κ2) is 8.75. The number of nitrogens with one attached hydrogen (secondary N) is 1. The van der Waals surface area contributed by atoms with Crippen LogP contribution in [0.15, 0.2) is 36.4 Å². The van der Waals surface area contributed by atoms with Crippen molar-refractivity contribution in [2.24, 2.45) is 0 Å². The molecule has 0 unspecified atom stereocenters. The van der Waals surface area contributed by atoms with Crippen molar-refractivity contribution in [3.63, 3.8) is 0 Å². The molecule has 1 heterocycles. The minimum Gasteiger partial charge on any atom is -0.494 e. The van der Waals surface area contributed by atoms with Gasteiger partial charge in [0.25, 0.3) is 0 Å². The van der Waals surface area contributed by atoms with E-state index in [9.17, 15) is 4.79 Å². The quantitative estimate of drug-likeness (QED) is 0.762. The molecule has 0 aromatic heterocycles. The van der Waals surface area contributed by atoms with E-state index in [1.165, 1.54) is 18.2 Å². The van der Waals surface area contributed by atoms with Gasteiger partial charge in [0, 0.05) is 52.6 Å². The number of fused-ring (bicyclic) bond motifs is 1. The fraction of sp³-hybridized carbons (Fsp3) is 0.435. The number of halogens is 2. The monoisotopic (exact) mass is 447 g/mol. The molecule has 2 aliphatic rings. The Hall–Kier alpha value is -1.79. The number of carbonyl (C=O) groups is 1. The van der Waals surface area contributed by atoms with Gasteiger partial charge in [0.05, 0.1) is 17.2 Å². The number of likely N-dealkylation sites (N-methyl/N-ethyl adjacent to an activating group) is 1. The summed E-state index contributed by atoms with van der Waals surface area (Å²) in [6, 6.07) is 12.0. The van der Waals surface area contributed by atoms with Crippen molar-refractivity contribution in [1.29, 1.82) is 0 Å². The topological polar surface area (TPSA) is 44.8 Å². The van der Waals surface area contributed by atoms with Crippen LogP contribution in [0, 0.1) is 0 Å². The second-order valence-electron chi connectivity index (χ2n) is 8.14. The van der Waals surface area contributed by atoms with Gasteiger partial charge < -0.3 is 15.0 Å². The van der Waals surface area contributed by atoms with Gasteiger partial charge in [-0.15, -0.1) is 0 Å². The summed E-state index contributed by atoms with van der Waals surface area (Å²) >= 11 is 12.6. The van der Waals surface area contributed by atoms with Gasteiger partial charge in [0.1, 0.15) is 5.54 Å². The fourth-order valence-electron chi connectivity index (χ4n) is 4.80. The van der Waals surface area contributed by atoms with Crippen LogP contribution in [0.3, 0.4) is 0 Å². The Balaban J connectivity index is 1.61. The Labute approximate surface area is 187 Å². The molecule has 160 valence electrons. The lowest BCUT2D eigenvalue weighted by Crippen LogP contribution is -2.63. The molecule has 0 saturated carbocycles. The number of amides is 1. The van der Waals surface area contributed by atoms with Crippen molar-refractivity contribution in [2.75, 3.05) is 40.3 Å². The van der Waals surface area contributed by atoms with E-state index in [2.05, 4.69) is 34.5 Å². The molecule has 2 aromatic carbocycles. The average Bonchev–Trinajstić information content (AvgIpc) is 3.14. The van der Waals surface area contributed by atoms with Crippen LogP contribution in [-0.2, 0) is 24.2 Å². The molecule has 1 aliphatic heterocycles. The zero-order valence-electron chi connectivity index (χ0n) is 17.4. The first-order valence-electron chi connectivity index (χ1n) is 10.2. The summed E-state index contributed by atoms with van der Waals surface area (Å²) in [7, 11) is 3.40. The predicted molar refractivity (Wildman–Crippen MR) is 121 cm³/mol. The molecular formula is C23H27Cl2N3O2. The number of rotatable bonds is 5. The molecule has 2 aromatic rings. The van der Waals surface area contributed by atoms with Gasteiger partial charge in [-0.3, -0.25) is 9.69 Å². The van der Waals surface area contributed by atoms with Gasteiger partial charge in [-0.1, -0.05) is 47.5 Å². The molecule has 0 spiro atoms. The minimum absolute atomic E-state index is 0.142. The van der Waals surface area contributed by atoms with Gasteiger partial charge in [-0.05, 0) is 28.8 Å². The Kier molecular flexibility index (Phi) is 6.26. The van der Waals surface area contributed by atoms with Crippen LogP contribution < -0.4 is 10.1 Å². The highest BCUT2D eigenvalue weighted by molar-refractivity contribution is 6.37. The zero-order chi connectivity index (χ0) is 21.3. The van der Waals surface area contributed by atoms with Crippen molar-refractivity contribution in [1.82, 2.24) is 15.1 Å². The van der Waals surface area contributed by atoms with E-state index < -0.39 is 5.54 Å². The number of hydrogen-bond acceptors (Lipinski definition) is 4. The first kappa shape index (κ1) is 21.4. The van der Waals surface area contributed by atoms with Crippen LogP contribution in [-0.4, -0.2) is 61.6 Å². The third kappa shape index (κ3) is 3.92. The zero-order valence-corrected chi connectivity index (χ0v) is 18.9. The highest BCUT2D eigenvalue weighted by atomic mass is 35.5. The molecule has 30 heavy (non-hydrogen) atoms. The Morgan fingerprint density at radius 2 is 1.70 bits per heavy atom. The van der Waals surface area contributed by atoms with Gasteiger partial charge in [-0.25, -0.2) is 0 Å². The van der Waals surface area contributed by atoms with E-state index in [0.717, 1.165) is 44.6 Å². The Morgan fingerprint density at radius 1 is 1.13 bits per heavy atom. The first-order chi connectivity index (χ1) is 14.4. The van der Waals surface area contributed by atoms with E-state index in [4.69, 9.17) is 27.9 Å². The van der Waals surface area contributed by atoms with Crippen LogP contribution in [0.1, 0.15) is 16.7 Å². The van der Waals surface area contributed by atoms with E-state index in [0.29, 0.717) is 22.3 Å². The maximum absolute atomic E-state index is 13.9. The summed E-state index contributed by atoms with van der Waals surface area (Å²) in [5, 5.41) is 4.30. The summed E-state index contributed by atoms with van der Waals surface area (Å²) in [4.78, 5) is 18.1. The third-order valence-corrected chi connectivity index (χ3v) is 6.79. The van der Waals surface area contributed by atoms with Gasteiger partial charge in [0.2, 0.25) is 5.91 Å². The average molecular weight is 448 g/mol. The van der Waals surface area contributed by atoms with Gasteiger partial charge >= 0.3 is 0 Å². The largest absolute Gasteiger partial charge is 0.494 e. The van der Waals surface area contributed by atoms with Crippen molar-refractivity contribution in [3.8, 4) is 5.75 Å². The maximum atomic E-state index is 13.9. The summed E-state index contributed by atoms with van der Waals surface area (Å²) in [6.07, 6.45) is 1.49. The number of ether oxygens (including phenoxy) is 1. The van der Waals surface area contributed by atoms with E-state index in [1.54, 1.807) is 0 Å². The van der Waals surface area contributed by atoms with Gasteiger partial charge in [-0.2, -0.15) is 0 Å². The molecule has 1 amide bonds. The summed E-state index contributed by atoms with van der Waals surface area (Å²) in [5.41, 5.74) is 2.88. The summed E-state index contributed by atoms with van der Waals surface area (Å²) in [6.45, 7) is 3.98. The smallest absolute Gasteiger partial charge is 0.243 e. The molecule has 0 radical (unpaired) electrons. The molecule has 4 rings (SSSR count). The standard InChI is InChI=1S/C23H27Cl2N3O2/c1-27(15-16-11-19(24)21(30-2)20(25)12-16)22(29)23(28-9-7-26-8-10-28)13-17-5-3-4-6-18(17)14-23/h3-6,11-12,26H,7-10,13-15H2,1-2H3. The SMILES string of the molecule is COc1c(Cl)cc(CN(C)C(=O)C2(N3CCNCC3)Cc3ccccc3C2)cc1Cl. The number of hydrogen-bond donors (Lipinski definition) is 1. The molecule has 0 bridgehead atoms. The Morgan fingerprint density at radius 3 is 2.23 bits per heavy atom. The highest BCUT2D eigenvalue weighted by Gasteiger charge is 2.49. The summed E-state index contributed by atoms with van der Waals surface area (Å²) in [5.74, 6) is 0.600. The minimum atomic E-state index is -0.541. The second-order valence-corrected chi connectivity index (χ2v) is 8.96. The molecule has 0 atom stereocenters. The molecule has 1 N–H and O–H groups in total. The van der Waals surface area contributed by atoms with Crippen molar-refractivity contribution in [3.05, 3.63) is 63.1 Å². The molecule has 1 aliphatic carbocycles. The van der Waals surface area contributed by atoms with Crippen LogP contribution in [0.2, 0.25) is 10.0 Å². The number of piperazine rings is 1. The third-order valence-electron chi connectivity index (χ3n) is 6.23. The van der Waals surface area contributed by atoms with Crippen molar-refractivity contribution < 1.29 is 9.53 Å². The predicted octanol–water partition coefficient (Wildman–Crippen LogP) is 3.40. The lowest BCUT2D eigenvalue weighted by molar-refractivity contribution is -0.144. The Bertz CT molecular complexity index is 896. The van der Waals surface area contributed by atoms with Crippen molar-refractivity contribution >= 4 is 29.1 Å². The number of benzene rings is 2. The van der Waals surface area contributed by atoms with Crippen molar-refractivity contribution in [2.45, 2.75) is 24.9 Å². The molecule has 1 fully saturated rings. The number of methoxy groups -OCH3 is 1. The normalized spacial score (nSPS) is 18.1. The van der Waals surface area contributed by atoms with E-state index in [1.807, 2.05) is 24.1 Å². The maximum Gasteiger partial charge on any atom is 0.243 e. The van der Waals surface area contributed by atoms with Crippen LogP contribution in [0.25, 0.3) is 0 Å². The van der Waals surface area contributed by atoms with Crippen LogP contribution >= 0.6 is 23.2 Å². The van der Waals surface area contributed by atoms with E-state index in [-0.39, 0.29) is 5.91 Å². The highest BCUT2D eigenvalue weighted by Crippen LogP contribution is 2.38. The van der Waals surface area contributed by atoms with Crippen LogP contribution in [0.5, 0.6) is 5.75 Å². The molecular weight excluding hydrogens is 421 g/mol. The molecule has 5 nitrogen and oxygen atoms in total. The lowest BCUT2D eigenvalue weighted by atomic mass is 9.90. The number of nitrogens with zero attached hydrogens (tertiary/aromatic N) is 2. The lowest BCUT2D eigenvalue weighted by Gasteiger charge is -2.44. The number of carbonyl (C=O) groups excluding carboxylic acids is 1. The van der Waals surface area contributed by atoms with E-state index >= 15 is 0 Å². The first-order valence-corrected chi connectivity index (χ1v) is 11.0.